The van der Waals surface area contributed by atoms with Crippen molar-refractivity contribution < 1.29 is 32.7 Å². The molecule has 1 aliphatic heterocycles. The standard InChI is InChI=1S/C33H48N3O7PS2/c1-9-11-28(44(40,42-23-13-17-25(45-7)18-14-23)43-24-15-19-26(46-8)20-16-24)34-30(37)27-12-10-21-36(27)31(38)29(22(2)3)35-32(39)41-33(4,5)6/h13-20,22,27-29H,9-12,21H2,1-8H3,(H,34,37)(H,35,39)/t27-,28?,29-/m0/s1. The first kappa shape index (κ1) is 37.6. The number of alkyl carbamates (subject to hydrolysis) is 1. The molecule has 1 aliphatic rings. The van der Waals surface area contributed by atoms with Gasteiger partial charge in [-0.15, -0.1) is 23.5 Å². The molecular formula is C33H48N3O7PS2. The van der Waals surface area contributed by atoms with E-state index in [-0.39, 0.29) is 11.8 Å². The van der Waals surface area contributed by atoms with Gasteiger partial charge in [-0.1, -0.05) is 27.2 Å². The number of hydrogen-bond donors (Lipinski definition) is 2. The van der Waals surface area contributed by atoms with Gasteiger partial charge in [-0.05, 0) is 107 Å². The minimum atomic E-state index is -4.07. The SMILES string of the molecule is CCCC(NC(=O)[C@@H]1CCCN1C(=O)[C@@H](NC(=O)OC(C)(C)C)C(C)C)P(=O)(Oc1ccc(SC)cc1)Oc1ccc(SC)cc1. The number of benzene rings is 2. The van der Waals surface area contributed by atoms with E-state index in [9.17, 15) is 18.9 Å². The molecule has 0 saturated carbocycles. The summed E-state index contributed by atoms with van der Waals surface area (Å²) in [7, 11) is -4.07. The zero-order valence-corrected chi connectivity index (χ0v) is 30.6. The predicted molar refractivity (Wildman–Crippen MR) is 185 cm³/mol. The molecule has 3 atom stereocenters. The van der Waals surface area contributed by atoms with E-state index in [4.69, 9.17) is 13.8 Å². The Labute approximate surface area is 282 Å². The predicted octanol–water partition coefficient (Wildman–Crippen LogP) is 7.56. The summed E-state index contributed by atoms with van der Waals surface area (Å²) < 4.78 is 32.4. The molecule has 1 heterocycles. The molecule has 2 aromatic rings. The lowest BCUT2D eigenvalue weighted by Crippen LogP contribution is -2.56. The maximum Gasteiger partial charge on any atom is 0.452 e. The molecule has 10 nitrogen and oxygen atoms in total. The van der Waals surface area contributed by atoms with Crippen molar-refractivity contribution in [1.82, 2.24) is 15.5 Å². The molecule has 1 unspecified atom stereocenters. The number of carbonyl (C=O) groups is 3. The Morgan fingerprint density at radius 2 is 1.46 bits per heavy atom. The summed E-state index contributed by atoms with van der Waals surface area (Å²) in [5.41, 5.74) is -0.731. The van der Waals surface area contributed by atoms with Crippen LogP contribution in [0.2, 0.25) is 0 Å². The summed E-state index contributed by atoms with van der Waals surface area (Å²) in [6.07, 6.45) is 5.14. The fourth-order valence-electron chi connectivity index (χ4n) is 4.99. The van der Waals surface area contributed by atoms with Gasteiger partial charge >= 0.3 is 13.7 Å². The summed E-state index contributed by atoms with van der Waals surface area (Å²) >= 11 is 3.15. The van der Waals surface area contributed by atoms with Crippen molar-refractivity contribution in [3.8, 4) is 11.5 Å². The summed E-state index contributed by atoms with van der Waals surface area (Å²) in [5.74, 6) is -1.38. The second kappa shape index (κ2) is 16.8. The van der Waals surface area contributed by atoms with Crippen molar-refractivity contribution in [3.05, 3.63) is 48.5 Å². The van der Waals surface area contributed by atoms with Crippen LogP contribution >= 0.6 is 31.1 Å². The van der Waals surface area contributed by atoms with Gasteiger partial charge in [-0.25, -0.2) is 9.36 Å². The van der Waals surface area contributed by atoms with Crippen LogP contribution in [0.15, 0.2) is 58.3 Å². The molecule has 1 fully saturated rings. The quantitative estimate of drug-likeness (QED) is 0.152. The molecule has 0 spiro atoms. The Kier molecular flexibility index (Phi) is 13.8. The molecule has 1 saturated heterocycles. The van der Waals surface area contributed by atoms with Crippen LogP contribution in [0, 0.1) is 5.92 Å². The monoisotopic (exact) mass is 693 g/mol. The van der Waals surface area contributed by atoms with E-state index < -0.39 is 43.1 Å². The van der Waals surface area contributed by atoms with Gasteiger partial charge in [-0.3, -0.25) is 9.59 Å². The molecule has 13 heteroatoms. The van der Waals surface area contributed by atoms with Crippen LogP contribution < -0.4 is 19.7 Å². The molecule has 0 aromatic heterocycles. The number of rotatable bonds is 14. The molecular weight excluding hydrogens is 645 g/mol. The van der Waals surface area contributed by atoms with Gasteiger partial charge in [0.1, 0.15) is 29.2 Å². The fraction of sp³-hybridized carbons (Fsp3) is 0.545. The van der Waals surface area contributed by atoms with E-state index in [1.165, 1.54) is 4.90 Å². The third kappa shape index (κ3) is 10.6. The Hall–Kier alpha value is -2.82. The van der Waals surface area contributed by atoms with Crippen molar-refractivity contribution in [1.29, 1.82) is 0 Å². The van der Waals surface area contributed by atoms with Gasteiger partial charge in [0.05, 0.1) is 0 Å². The zero-order valence-electron chi connectivity index (χ0n) is 28.0. The highest BCUT2D eigenvalue weighted by atomic mass is 32.2. The highest BCUT2D eigenvalue weighted by Crippen LogP contribution is 2.53. The molecule has 3 rings (SSSR count). The van der Waals surface area contributed by atoms with Crippen molar-refractivity contribution in [2.75, 3.05) is 19.1 Å². The lowest BCUT2D eigenvalue weighted by Gasteiger charge is -2.33. The van der Waals surface area contributed by atoms with Crippen LogP contribution in [0.4, 0.5) is 4.79 Å². The number of thioether (sulfide) groups is 2. The van der Waals surface area contributed by atoms with Crippen LogP contribution in [-0.2, 0) is 18.9 Å². The van der Waals surface area contributed by atoms with Crippen LogP contribution in [-0.4, -0.2) is 65.3 Å². The van der Waals surface area contributed by atoms with Gasteiger partial charge in [0.25, 0.3) is 0 Å². The van der Waals surface area contributed by atoms with Crippen LogP contribution in [0.1, 0.15) is 67.2 Å². The van der Waals surface area contributed by atoms with Crippen molar-refractivity contribution in [3.63, 3.8) is 0 Å². The van der Waals surface area contributed by atoms with E-state index >= 15 is 0 Å². The van der Waals surface area contributed by atoms with E-state index in [0.717, 1.165) is 9.79 Å². The number of ether oxygens (including phenoxy) is 1. The number of hydrogen-bond acceptors (Lipinski definition) is 9. The zero-order chi connectivity index (χ0) is 34.1. The third-order valence-electron chi connectivity index (χ3n) is 7.28. The molecule has 0 aliphatic carbocycles. The Balaban J connectivity index is 1.88. The number of nitrogens with one attached hydrogen (secondary N) is 2. The maximum atomic E-state index is 14.7. The highest BCUT2D eigenvalue weighted by Gasteiger charge is 2.44. The van der Waals surface area contributed by atoms with E-state index in [1.54, 1.807) is 68.6 Å². The molecule has 2 aromatic carbocycles. The van der Waals surface area contributed by atoms with Crippen LogP contribution in [0.3, 0.4) is 0 Å². The first-order valence-corrected chi connectivity index (χ1v) is 19.6. The first-order valence-electron chi connectivity index (χ1n) is 15.6. The second-order valence-electron chi connectivity index (χ2n) is 12.4. The van der Waals surface area contributed by atoms with E-state index in [2.05, 4.69) is 10.6 Å². The van der Waals surface area contributed by atoms with E-state index in [1.807, 2.05) is 57.5 Å². The van der Waals surface area contributed by atoms with Crippen LogP contribution in [0.5, 0.6) is 11.5 Å². The van der Waals surface area contributed by atoms with Crippen molar-refractivity contribution in [2.24, 2.45) is 5.92 Å². The summed E-state index contributed by atoms with van der Waals surface area (Å²) in [6.45, 7) is 11.2. The van der Waals surface area contributed by atoms with E-state index in [0.29, 0.717) is 43.7 Å². The minimum absolute atomic E-state index is 0.255. The highest BCUT2D eigenvalue weighted by molar-refractivity contribution is 7.98. The smallest absolute Gasteiger partial charge is 0.444 e. The number of amides is 3. The van der Waals surface area contributed by atoms with Gasteiger partial charge < -0.3 is 29.3 Å². The first-order chi connectivity index (χ1) is 21.7. The fourth-order valence-corrected chi connectivity index (χ4v) is 7.79. The van der Waals surface area contributed by atoms with Gasteiger partial charge in [0.2, 0.25) is 11.8 Å². The number of nitrogens with zero attached hydrogens (tertiary/aromatic N) is 1. The van der Waals surface area contributed by atoms with Gasteiger partial charge in [0.15, 0.2) is 5.78 Å². The molecule has 0 radical (unpaired) electrons. The largest absolute Gasteiger partial charge is 0.452 e. The van der Waals surface area contributed by atoms with Crippen molar-refractivity contribution >= 4 is 49.0 Å². The van der Waals surface area contributed by atoms with Gasteiger partial charge in [-0.2, -0.15) is 0 Å². The van der Waals surface area contributed by atoms with Crippen LogP contribution in [0.25, 0.3) is 0 Å². The van der Waals surface area contributed by atoms with Gasteiger partial charge in [0, 0.05) is 16.3 Å². The number of likely N-dealkylation sites (tertiary alicyclic amines) is 1. The molecule has 0 bridgehead atoms. The lowest BCUT2D eigenvalue weighted by atomic mass is 10.0. The minimum Gasteiger partial charge on any atom is -0.444 e. The third-order valence-corrected chi connectivity index (χ3v) is 10.8. The Morgan fingerprint density at radius 3 is 1.89 bits per heavy atom. The topological polar surface area (TPSA) is 123 Å². The molecule has 3 amide bonds. The normalized spacial score (nSPS) is 16.5. The average Bonchev–Trinajstić information content (AvgIpc) is 3.49. The Bertz CT molecular complexity index is 1310. The number of carbonyl (C=O) groups excluding carboxylic acids is 3. The second-order valence-corrected chi connectivity index (χ2v) is 16.3. The summed E-state index contributed by atoms with van der Waals surface area (Å²) in [5, 5.41) is 5.64. The molecule has 46 heavy (non-hydrogen) atoms. The lowest BCUT2D eigenvalue weighted by molar-refractivity contribution is -0.141. The molecule has 2 N–H and O–H groups in total. The van der Waals surface area contributed by atoms with Crippen molar-refractivity contribution in [2.45, 2.75) is 100 Å². The summed E-state index contributed by atoms with van der Waals surface area (Å²) in [6, 6.07) is 12.7. The Morgan fingerprint density at radius 1 is 0.935 bits per heavy atom. The average molecular weight is 694 g/mol. The summed E-state index contributed by atoms with van der Waals surface area (Å²) in [4.78, 5) is 43.8. The molecule has 254 valence electrons. The maximum absolute atomic E-state index is 14.7.